The van der Waals surface area contributed by atoms with E-state index in [1.54, 1.807) is 0 Å². The second-order valence-corrected chi connectivity index (χ2v) is 5.47. The standard InChI is InChI=1S/C15H23ClN2/c16-15-6-4-5-14(13-15)7-8-17-9-12-18-10-2-1-3-11-18/h4-6,13,17H,1-3,7-12H2. The third kappa shape index (κ3) is 4.97. The molecule has 1 heterocycles. The third-order valence-electron chi connectivity index (χ3n) is 3.53. The highest BCUT2D eigenvalue weighted by molar-refractivity contribution is 6.30. The fourth-order valence-electron chi connectivity index (χ4n) is 2.47. The molecular formula is C15H23ClN2. The molecular weight excluding hydrogens is 244 g/mol. The molecule has 0 atom stereocenters. The second kappa shape index (κ2) is 7.78. The largest absolute Gasteiger partial charge is 0.315 e. The summed E-state index contributed by atoms with van der Waals surface area (Å²) in [5, 5.41) is 4.35. The van der Waals surface area contributed by atoms with E-state index >= 15 is 0 Å². The minimum absolute atomic E-state index is 0.834. The number of nitrogens with zero attached hydrogens (tertiary/aromatic N) is 1. The van der Waals surface area contributed by atoms with Crippen LogP contribution in [0, 0.1) is 0 Å². The van der Waals surface area contributed by atoms with Crippen molar-refractivity contribution in [1.82, 2.24) is 10.2 Å². The summed E-state index contributed by atoms with van der Waals surface area (Å²) < 4.78 is 0. The average molecular weight is 267 g/mol. The minimum atomic E-state index is 0.834. The fraction of sp³-hybridized carbons (Fsp3) is 0.600. The molecule has 0 bridgehead atoms. The lowest BCUT2D eigenvalue weighted by Gasteiger charge is -2.26. The molecule has 1 aliphatic rings. The van der Waals surface area contributed by atoms with Gasteiger partial charge in [-0.25, -0.2) is 0 Å². The summed E-state index contributed by atoms with van der Waals surface area (Å²) in [7, 11) is 0. The van der Waals surface area contributed by atoms with Crippen molar-refractivity contribution in [2.45, 2.75) is 25.7 Å². The van der Waals surface area contributed by atoms with E-state index in [2.05, 4.69) is 16.3 Å². The fourth-order valence-corrected chi connectivity index (χ4v) is 2.68. The number of hydrogen-bond donors (Lipinski definition) is 1. The van der Waals surface area contributed by atoms with Crippen molar-refractivity contribution < 1.29 is 0 Å². The number of rotatable bonds is 6. The Morgan fingerprint density at radius 3 is 2.72 bits per heavy atom. The van der Waals surface area contributed by atoms with Gasteiger partial charge in [-0.15, -0.1) is 0 Å². The number of halogens is 1. The molecule has 0 unspecified atom stereocenters. The van der Waals surface area contributed by atoms with Gasteiger partial charge in [-0.3, -0.25) is 0 Å². The molecule has 0 aromatic heterocycles. The van der Waals surface area contributed by atoms with Crippen molar-refractivity contribution in [3.8, 4) is 0 Å². The highest BCUT2D eigenvalue weighted by Crippen LogP contribution is 2.10. The molecule has 0 saturated carbocycles. The Hall–Kier alpha value is -0.570. The third-order valence-corrected chi connectivity index (χ3v) is 3.77. The lowest BCUT2D eigenvalue weighted by molar-refractivity contribution is 0.229. The topological polar surface area (TPSA) is 15.3 Å². The predicted molar refractivity (Wildman–Crippen MR) is 78.3 cm³/mol. The maximum Gasteiger partial charge on any atom is 0.0408 e. The molecule has 0 aliphatic carbocycles. The van der Waals surface area contributed by atoms with Crippen LogP contribution >= 0.6 is 11.6 Å². The molecule has 1 aromatic rings. The number of likely N-dealkylation sites (tertiary alicyclic amines) is 1. The van der Waals surface area contributed by atoms with Crippen molar-refractivity contribution >= 4 is 11.6 Å². The molecule has 1 saturated heterocycles. The summed E-state index contributed by atoms with van der Waals surface area (Å²) in [6.07, 6.45) is 5.23. The molecule has 2 nitrogen and oxygen atoms in total. The van der Waals surface area contributed by atoms with Gasteiger partial charge in [-0.1, -0.05) is 30.2 Å². The number of nitrogens with one attached hydrogen (secondary N) is 1. The number of hydrogen-bond acceptors (Lipinski definition) is 2. The van der Waals surface area contributed by atoms with E-state index in [4.69, 9.17) is 11.6 Å². The van der Waals surface area contributed by atoms with Crippen LogP contribution in [-0.4, -0.2) is 37.6 Å². The van der Waals surface area contributed by atoms with E-state index in [-0.39, 0.29) is 0 Å². The normalized spacial score (nSPS) is 16.9. The molecule has 100 valence electrons. The summed E-state index contributed by atoms with van der Waals surface area (Å²) in [5.74, 6) is 0. The van der Waals surface area contributed by atoms with Gasteiger partial charge in [0.05, 0.1) is 0 Å². The zero-order chi connectivity index (χ0) is 12.6. The first-order valence-corrected chi connectivity index (χ1v) is 7.40. The molecule has 1 fully saturated rings. The van der Waals surface area contributed by atoms with Crippen molar-refractivity contribution in [3.05, 3.63) is 34.9 Å². The zero-order valence-corrected chi connectivity index (χ0v) is 11.8. The Balaban J connectivity index is 1.55. The molecule has 1 aromatic carbocycles. The smallest absolute Gasteiger partial charge is 0.0408 e. The quantitative estimate of drug-likeness (QED) is 0.797. The summed E-state index contributed by atoms with van der Waals surface area (Å²) in [6.45, 7) is 5.90. The maximum absolute atomic E-state index is 5.96. The first-order valence-electron chi connectivity index (χ1n) is 7.02. The summed E-state index contributed by atoms with van der Waals surface area (Å²) in [6, 6.07) is 8.13. The van der Waals surface area contributed by atoms with Crippen LogP contribution in [0.4, 0.5) is 0 Å². The van der Waals surface area contributed by atoms with Crippen LogP contribution < -0.4 is 5.32 Å². The minimum Gasteiger partial charge on any atom is -0.315 e. The summed E-state index contributed by atoms with van der Waals surface area (Å²) in [4.78, 5) is 2.57. The van der Waals surface area contributed by atoms with E-state index in [0.717, 1.165) is 24.5 Å². The van der Waals surface area contributed by atoms with Gasteiger partial charge >= 0.3 is 0 Å². The van der Waals surface area contributed by atoms with Gasteiger partial charge in [0.2, 0.25) is 0 Å². The van der Waals surface area contributed by atoms with Crippen molar-refractivity contribution in [2.24, 2.45) is 0 Å². The van der Waals surface area contributed by atoms with Crippen LogP contribution in [0.3, 0.4) is 0 Å². The molecule has 0 spiro atoms. The Morgan fingerprint density at radius 1 is 1.11 bits per heavy atom. The number of piperidine rings is 1. The maximum atomic E-state index is 5.96. The highest BCUT2D eigenvalue weighted by atomic mass is 35.5. The van der Waals surface area contributed by atoms with Gasteiger partial charge in [0, 0.05) is 18.1 Å². The molecule has 0 amide bonds. The summed E-state index contributed by atoms with van der Waals surface area (Å²) >= 11 is 5.96. The SMILES string of the molecule is Clc1cccc(CCNCCN2CCCCC2)c1. The van der Waals surface area contributed by atoms with Gasteiger partial charge in [-0.2, -0.15) is 0 Å². The Kier molecular flexibility index (Phi) is 5.98. The molecule has 3 heteroatoms. The van der Waals surface area contributed by atoms with Gasteiger partial charge in [0.1, 0.15) is 0 Å². The van der Waals surface area contributed by atoms with Gasteiger partial charge < -0.3 is 10.2 Å². The van der Waals surface area contributed by atoms with Crippen LogP contribution in [0.1, 0.15) is 24.8 Å². The Labute approximate surface area is 115 Å². The van der Waals surface area contributed by atoms with E-state index in [1.807, 2.05) is 18.2 Å². The van der Waals surface area contributed by atoms with E-state index < -0.39 is 0 Å². The number of benzene rings is 1. The molecule has 2 rings (SSSR count). The lowest BCUT2D eigenvalue weighted by Crippen LogP contribution is -2.36. The van der Waals surface area contributed by atoms with E-state index in [0.29, 0.717) is 0 Å². The van der Waals surface area contributed by atoms with Crippen molar-refractivity contribution in [3.63, 3.8) is 0 Å². The van der Waals surface area contributed by atoms with Crippen LogP contribution in [0.5, 0.6) is 0 Å². The van der Waals surface area contributed by atoms with Crippen molar-refractivity contribution in [2.75, 3.05) is 32.7 Å². The Bertz CT molecular complexity index is 348. The lowest BCUT2D eigenvalue weighted by atomic mass is 10.1. The monoisotopic (exact) mass is 266 g/mol. The molecule has 1 N–H and O–H groups in total. The zero-order valence-electron chi connectivity index (χ0n) is 11.0. The van der Waals surface area contributed by atoms with Crippen molar-refractivity contribution in [1.29, 1.82) is 0 Å². The summed E-state index contributed by atoms with van der Waals surface area (Å²) in [5.41, 5.74) is 1.31. The van der Waals surface area contributed by atoms with Crippen LogP contribution in [0.15, 0.2) is 24.3 Å². The molecule has 1 aliphatic heterocycles. The molecule has 18 heavy (non-hydrogen) atoms. The van der Waals surface area contributed by atoms with E-state index in [9.17, 15) is 0 Å². The van der Waals surface area contributed by atoms with Gasteiger partial charge in [0.25, 0.3) is 0 Å². The van der Waals surface area contributed by atoms with Gasteiger partial charge in [-0.05, 0) is 56.6 Å². The van der Waals surface area contributed by atoms with Gasteiger partial charge in [0.15, 0.2) is 0 Å². The Morgan fingerprint density at radius 2 is 1.94 bits per heavy atom. The first kappa shape index (κ1) is 13.9. The van der Waals surface area contributed by atoms with Crippen LogP contribution in [-0.2, 0) is 6.42 Å². The van der Waals surface area contributed by atoms with E-state index in [1.165, 1.54) is 44.5 Å². The van der Waals surface area contributed by atoms with Crippen LogP contribution in [0.2, 0.25) is 5.02 Å². The predicted octanol–water partition coefficient (Wildman–Crippen LogP) is 2.96. The average Bonchev–Trinajstić information content (AvgIpc) is 2.40. The first-order chi connectivity index (χ1) is 8.84. The second-order valence-electron chi connectivity index (χ2n) is 5.03. The highest BCUT2D eigenvalue weighted by Gasteiger charge is 2.08. The van der Waals surface area contributed by atoms with Crippen LogP contribution in [0.25, 0.3) is 0 Å². The molecule has 0 radical (unpaired) electrons.